The van der Waals surface area contributed by atoms with E-state index in [0.29, 0.717) is 26.6 Å². The predicted octanol–water partition coefficient (Wildman–Crippen LogP) is 5.97. The van der Waals surface area contributed by atoms with E-state index in [9.17, 15) is 0 Å². The number of hydrogen-bond donors (Lipinski definition) is 0. The molecule has 2 nitrogen and oxygen atoms in total. The number of halogens is 4. The van der Waals surface area contributed by atoms with Gasteiger partial charge >= 0.3 is 0 Å². The predicted molar refractivity (Wildman–Crippen MR) is 88.4 cm³/mol. The summed E-state index contributed by atoms with van der Waals surface area (Å²) in [4.78, 5) is 0. The van der Waals surface area contributed by atoms with Crippen LogP contribution in [0, 0.1) is 0 Å². The molecule has 21 heavy (non-hydrogen) atoms. The molecule has 0 radical (unpaired) electrons. The van der Waals surface area contributed by atoms with Gasteiger partial charge in [-0.2, -0.15) is 0 Å². The Morgan fingerprint density at radius 3 is 2.33 bits per heavy atom. The van der Waals surface area contributed by atoms with Crippen LogP contribution in [-0.4, -0.2) is 7.11 Å². The summed E-state index contributed by atoms with van der Waals surface area (Å²) in [6.45, 7) is 0.251. The molecule has 6 heteroatoms. The smallest absolute Gasteiger partial charge is 0.166 e. The van der Waals surface area contributed by atoms with E-state index in [4.69, 9.17) is 55.9 Å². The Labute approximate surface area is 143 Å². The van der Waals surface area contributed by atoms with Crippen molar-refractivity contribution in [1.29, 1.82) is 0 Å². The van der Waals surface area contributed by atoms with Crippen molar-refractivity contribution in [3.05, 3.63) is 56.5 Å². The molecular weight excluding hydrogens is 354 g/mol. The molecule has 2 aromatic carbocycles. The number of rotatable bonds is 5. The van der Waals surface area contributed by atoms with E-state index < -0.39 is 0 Å². The quantitative estimate of drug-likeness (QED) is 0.607. The van der Waals surface area contributed by atoms with Crippen molar-refractivity contribution in [1.82, 2.24) is 0 Å². The summed E-state index contributed by atoms with van der Waals surface area (Å²) in [5.41, 5.74) is 1.53. The molecule has 0 aliphatic heterocycles. The lowest BCUT2D eigenvalue weighted by Gasteiger charge is -2.15. The summed E-state index contributed by atoms with van der Waals surface area (Å²) in [7, 11) is 1.54. The van der Waals surface area contributed by atoms with Crippen LogP contribution in [0.25, 0.3) is 0 Å². The monoisotopic (exact) mass is 364 g/mol. The molecule has 2 aromatic rings. The minimum absolute atomic E-state index is 0.251. The van der Waals surface area contributed by atoms with Gasteiger partial charge in [-0.05, 0) is 24.3 Å². The topological polar surface area (TPSA) is 18.5 Å². The van der Waals surface area contributed by atoms with Gasteiger partial charge in [0, 0.05) is 32.3 Å². The molecule has 0 saturated heterocycles. The van der Waals surface area contributed by atoms with Gasteiger partial charge in [0.2, 0.25) is 0 Å². The summed E-state index contributed by atoms with van der Waals surface area (Å²) in [5, 5.41) is 1.72. The van der Waals surface area contributed by atoms with Crippen molar-refractivity contribution >= 4 is 46.4 Å². The standard InChI is InChI=1S/C15H12Cl4O2/c1-20-14-6-12(18)4-9(7-16)15(14)21-8-10-5-11(17)2-3-13(10)19/h2-6H,7-8H2,1H3. The molecule has 112 valence electrons. The maximum Gasteiger partial charge on any atom is 0.166 e. The first kappa shape index (κ1) is 16.6. The average Bonchev–Trinajstić information content (AvgIpc) is 2.48. The van der Waals surface area contributed by atoms with Gasteiger partial charge in [-0.15, -0.1) is 11.6 Å². The highest BCUT2D eigenvalue weighted by molar-refractivity contribution is 6.33. The molecule has 0 aliphatic carbocycles. The second-order valence-corrected chi connectivity index (χ2v) is 5.80. The Balaban J connectivity index is 2.29. The maximum atomic E-state index is 6.12. The third-order valence-corrected chi connectivity index (χ3v) is 3.95. The maximum absolute atomic E-state index is 6.12. The Hall–Kier alpha value is -0.800. The lowest BCUT2D eigenvalue weighted by molar-refractivity contribution is 0.282. The molecule has 0 N–H and O–H groups in total. The van der Waals surface area contributed by atoms with Gasteiger partial charge in [-0.3, -0.25) is 0 Å². The lowest BCUT2D eigenvalue weighted by Crippen LogP contribution is -2.01. The zero-order chi connectivity index (χ0) is 15.4. The fourth-order valence-corrected chi connectivity index (χ4v) is 2.64. The van der Waals surface area contributed by atoms with E-state index in [1.54, 1.807) is 37.4 Å². The van der Waals surface area contributed by atoms with E-state index in [2.05, 4.69) is 0 Å². The molecule has 0 atom stereocenters. The summed E-state index contributed by atoms with van der Waals surface area (Å²) in [5.74, 6) is 1.33. The number of alkyl halides is 1. The molecule has 0 aliphatic rings. The van der Waals surface area contributed by atoms with Crippen molar-refractivity contribution in [3.63, 3.8) is 0 Å². The Kier molecular flexibility index (Phi) is 5.88. The summed E-state index contributed by atoms with van der Waals surface area (Å²) >= 11 is 24.0. The van der Waals surface area contributed by atoms with Gasteiger partial charge in [-0.1, -0.05) is 34.8 Å². The second kappa shape index (κ2) is 7.46. The van der Waals surface area contributed by atoms with Crippen LogP contribution in [0.2, 0.25) is 15.1 Å². The van der Waals surface area contributed by atoms with Crippen molar-refractivity contribution in [2.45, 2.75) is 12.5 Å². The van der Waals surface area contributed by atoms with Crippen LogP contribution in [0.4, 0.5) is 0 Å². The number of benzene rings is 2. The van der Waals surface area contributed by atoms with Crippen molar-refractivity contribution < 1.29 is 9.47 Å². The fraction of sp³-hybridized carbons (Fsp3) is 0.200. The van der Waals surface area contributed by atoms with Crippen LogP contribution in [-0.2, 0) is 12.5 Å². The highest BCUT2D eigenvalue weighted by atomic mass is 35.5. The van der Waals surface area contributed by atoms with Crippen LogP contribution in [0.3, 0.4) is 0 Å². The molecule has 2 rings (SSSR count). The molecule has 0 heterocycles. The molecule has 0 fully saturated rings. The Morgan fingerprint density at radius 2 is 1.67 bits per heavy atom. The molecule has 0 unspecified atom stereocenters. The number of ether oxygens (including phenoxy) is 2. The van der Waals surface area contributed by atoms with Crippen LogP contribution in [0.5, 0.6) is 11.5 Å². The molecule has 0 spiro atoms. The number of methoxy groups -OCH3 is 1. The van der Waals surface area contributed by atoms with E-state index in [1.165, 1.54) is 0 Å². The highest BCUT2D eigenvalue weighted by Gasteiger charge is 2.13. The third-order valence-electron chi connectivity index (χ3n) is 2.84. The highest BCUT2D eigenvalue weighted by Crippen LogP contribution is 2.36. The van der Waals surface area contributed by atoms with Crippen LogP contribution in [0.1, 0.15) is 11.1 Å². The second-order valence-electron chi connectivity index (χ2n) is 4.25. The average molecular weight is 366 g/mol. The Bertz CT molecular complexity index is 619. The normalized spacial score (nSPS) is 10.5. The van der Waals surface area contributed by atoms with Gasteiger partial charge in [-0.25, -0.2) is 0 Å². The first-order valence-electron chi connectivity index (χ1n) is 6.04. The molecule has 0 saturated carbocycles. The fourth-order valence-electron chi connectivity index (χ4n) is 1.84. The van der Waals surface area contributed by atoms with Crippen molar-refractivity contribution in [3.8, 4) is 11.5 Å². The van der Waals surface area contributed by atoms with E-state index >= 15 is 0 Å². The largest absolute Gasteiger partial charge is 0.493 e. The summed E-state index contributed by atoms with van der Waals surface area (Å²) in [6.07, 6.45) is 0. The van der Waals surface area contributed by atoms with Crippen molar-refractivity contribution in [2.24, 2.45) is 0 Å². The van der Waals surface area contributed by atoms with E-state index in [-0.39, 0.29) is 12.5 Å². The first-order valence-corrected chi connectivity index (χ1v) is 7.71. The first-order chi connectivity index (χ1) is 10.0. The van der Waals surface area contributed by atoms with Gasteiger partial charge < -0.3 is 9.47 Å². The zero-order valence-corrected chi connectivity index (χ0v) is 14.2. The molecule has 0 amide bonds. The van der Waals surface area contributed by atoms with E-state index in [0.717, 1.165) is 11.1 Å². The minimum atomic E-state index is 0.251. The van der Waals surface area contributed by atoms with Crippen LogP contribution < -0.4 is 9.47 Å². The van der Waals surface area contributed by atoms with Gasteiger partial charge in [0.25, 0.3) is 0 Å². The molecule has 0 bridgehead atoms. The lowest BCUT2D eigenvalue weighted by atomic mass is 10.2. The molecular formula is C15H12Cl4O2. The third kappa shape index (κ3) is 4.10. The Morgan fingerprint density at radius 1 is 0.952 bits per heavy atom. The van der Waals surface area contributed by atoms with E-state index in [1.807, 2.05) is 0 Å². The van der Waals surface area contributed by atoms with Gasteiger partial charge in [0.05, 0.1) is 13.0 Å². The number of hydrogen-bond acceptors (Lipinski definition) is 2. The summed E-state index contributed by atoms with van der Waals surface area (Å²) < 4.78 is 11.1. The van der Waals surface area contributed by atoms with Gasteiger partial charge in [0.15, 0.2) is 11.5 Å². The van der Waals surface area contributed by atoms with Crippen LogP contribution in [0.15, 0.2) is 30.3 Å². The van der Waals surface area contributed by atoms with Crippen LogP contribution >= 0.6 is 46.4 Å². The SMILES string of the molecule is COc1cc(Cl)cc(CCl)c1OCc1cc(Cl)ccc1Cl. The zero-order valence-electron chi connectivity index (χ0n) is 11.1. The summed E-state index contributed by atoms with van der Waals surface area (Å²) in [6, 6.07) is 8.62. The van der Waals surface area contributed by atoms with Gasteiger partial charge in [0.1, 0.15) is 6.61 Å². The van der Waals surface area contributed by atoms with Crippen molar-refractivity contribution in [2.75, 3.05) is 7.11 Å². The molecule has 0 aromatic heterocycles. The minimum Gasteiger partial charge on any atom is -0.493 e.